The zero-order valence-corrected chi connectivity index (χ0v) is 11.9. The molecule has 0 aliphatic carbocycles. The highest BCUT2D eigenvalue weighted by molar-refractivity contribution is 7.09. The summed E-state index contributed by atoms with van der Waals surface area (Å²) in [5.74, 6) is 0.479. The largest absolute Gasteiger partial charge is 0.331 e. The second-order valence-corrected chi connectivity index (χ2v) is 6.17. The molecule has 0 spiro atoms. The third-order valence-corrected chi connectivity index (χ3v) is 3.54. The Morgan fingerprint density at radius 2 is 1.85 bits per heavy atom. The van der Waals surface area contributed by atoms with E-state index in [4.69, 9.17) is 0 Å². The second kappa shape index (κ2) is 4.10. The number of hydrogen-bond acceptors (Lipinski definition) is 6. The fraction of sp³-hybridized carbons (Fsp3) is 0.364. The van der Waals surface area contributed by atoms with Gasteiger partial charge in [0.25, 0.3) is 5.56 Å². The van der Waals surface area contributed by atoms with Gasteiger partial charge in [0.15, 0.2) is 11.5 Å². The lowest BCUT2D eigenvalue weighted by atomic mass is 9.91. The minimum absolute atomic E-state index is 0.193. The van der Waals surface area contributed by atoms with E-state index < -0.39 is 11.2 Å². The maximum Gasteiger partial charge on any atom is 0.327 e. The molecular formula is C11H12N6O2S. The van der Waals surface area contributed by atoms with Crippen molar-refractivity contribution in [2.45, 2.75) is 26.2 Å². The molecule has 3 aromatic heterocycles. The highest BCUT2D eigenvalue weighted by Crippen LogP contribution is 2.32. The van der Waals surface area contributed by atoms with Crippen molar-refractivity contribution < 1.29 is 0 Å². The molecule has 0 unspecified atom stereocenters. The Kier molecular flexibility index (Phi) is 2.61. The molecule has 3 aromatic rings. The van der Waals surface area contributed by atoms with E-state index in [9.17, 15) is 9.59 Å². The molecule has 3 N–H and O–H groups in total. The molecule has 0 aliphatic rings. The first-order valence-corrected chi connectivity index (χ1v) is 6.69. The number of rotatable bonds is 1. The van der Waals surface area contributed by atoms with E-state index in [0.29, 0.717) is 5.82 Å². The van der Waals surface area contributed by atoms with Gasteiger partial charge in [-0.3, -0.25) is 14.8 Å². The van der Waals surface area contributed by atoms with Gasteiger partial charge in [-0.25, -0.2) is 9.78 Å². The lowest BCUT2D eigenvalue weighted by Crippen LogP contribution is -2.21. The Morgan fingerprint density at radius 3 is 2.55 bits per heavy atom. The average molecular weight is 292 g/mol. The summed E-state index contributed by atoms with van der Waals surface area (Å²) in [4.78, 5) is 35.5. The maximum atomic E-state index is 11.7. The number of imidazole rings is 1. The molecule has 0 aromatic carbocycles. The van der Waals surface area contributed by atoms with Crippen molar-refractivity contribution in [2.24, 2.45) is 0 Å². The van der Waals surface area contributed by atoms with Crippen LogP contribution in [0.3, 0.4) is 0 Å². The second-order valence-electron chi connectivity index (χ2n) is 5.42. The van der Waals surface area contributed by atoms with E-state index in [1.807, 2.05) is 20.8 Å². The fourth-order valence-electron chi connectivity index (χ4n) is 1.88. The Hall–Kier alpha value is -2.29. The highest BCUT2D eigenvalue weighted by Gasteiger charge is 2.25. The van der Waals surface area contributed by atoms with E-state index in [1.54, 1.807) is 0 Å². The molecule has 20 heavy (non-hydrogen) atoms. The minimum Gasteiger partial charge on any atom is -0.331 e. The first-order valence-electron chi connectivity index (χ1n) is 5.92. The summed E-state index contributed by atoms with van der Waals surface area (Å²) in [6.07, 6.45) is 0. The SMILES string of the molecule is CC(C)(C)c1nnsc1-c1nc2[nH]c(=O)[nH]c(=O)c2[nH]1. The van der Waals surface area contributed by atoms with Crippen molar-refractivity contribution in [3.8, 4) is 10.7 Å². The van der Waals surface area contributed by atoms with E-state index in [1.165, 1.54) is 11.5 Å². The van der Waals surface area contributed by atoms with Crippen molar-refractivity contribution in [3.63, 3.8) is 0 Å². The Balaban J connectivity index is 2.27. The Labute approximate surface area is 116 Å². The van der Waals surface area contributed by atoms with E-state index in [-0.39, 0.29) is 16.6 Å². The zero-order chi connectivity index (χ0) is 14.5. The lowest BCUT2D eigenvalue weighted by molar-refractivity contribution is 0.568. The first-order chi connectivity index (χ1) is 9.36. The van der Waals surface area contributed by atoms with E-state index in [0.717, 1.165) is 10.6 Å². The van der Waals surface area contributed by atoms with Crippen molar-refractivity contribution in [3.05, 3.63) is 26.5 Å². The van der Waals surface area contributed by atoms with Gasteiger partial charge in [0, 0.05) is 5.41 Å². The van der Waals surface area contributed by atoms with Gasteiger partial charge in [-0.2, -0.15) is 0 Å². The predicted molar refractivity (Wildman–Crippen MR) is 74.9 cm³/mol. The van der Waals surface area contributed by atoms with Gasteiger partial charge >= 0.3 is 5.69 Å². The van der Waals surface area contributed by atoms with Gasteiger partial charge in [0.1, 0.15) is 10.4 Å². The molecule has 0 aliphatic heterocycles. The molecule has 0 atom stereocenters. The molecule has 0 bridgehead atoms. The summed E-state index contributed by atoms with van der Waals surface area (Å²) in [6, 6.07) is 0. The molecule has 0 fully saturated rings. The minimum atomic E-state index is -0.584. The van der Waals surface area contributed by atoms with Crippen LogP contribution in [0.2, 0.25) is 0 Å². The van der Waals surface area contributed by atoms with Crippen LogP contribution < -0.4 is 11.2 Å². The lowest BCUT2D eigenvalue weighted by Gasteiger charge is -2.15. The van der Waals surface area contributed by atoms with E-state index >= 15 is 0 Å². The van der Waals surface area contributed by atoms with Gasteiger partial charge in [-0.15, -0.1) is 5.10 Å². The highest BCUT2D eigenvalue weighted by atomic mass is 32.1. The number of aromatic amines is 3. The van der Waals surface area contributed by atoms with Crippen LogP contribution in [0.4, 0.5) is 0 Å². The van der Waals surface area contributed by atoms with Gasteiger partial charge in [0.2, 0.25) is 0 Å². The van der Waals surface area contributed by atoms with Crippen LogP contribution in [0.5, 0.6) is 0 Å². The standard InChI is InChI=1S/C11H12N6O2S/c1-11(2,3)6-5(20-17-16-6)8-12-4-7(13-8)14-10(19)15-9(4)18/h1-3H3,(H3,12,13,14,15,18,19). The molecule has 8 nitrogen and oxygen atoms in total. The van der Waals surface area contributed by atoms with Gasteiger partial charge in [-0.05, 0) is 11.5 Å². The number of H-pyrrole nitrogens is 3. The number of fused-ring (bicyclic) bond motifs is 1. The Bertz CT molecular complexity index is 894. The van der Waals surface area contributed by atoms with Crippen molar-refractivity contribution in [1.82, 2.24) is 29.5 Å². The van der Waals surface area contributed by atoms with Crippen LogP contribution in [0.1, 0.15) is 26.5 Å². The maximum absolute atomic E-state index is 11.7. The van der Waals surface area contributed by atoms with Crippen molar-refractivity contribution in [2.75, 3.05) is 0 Å². The predicted octanol–water partition coefficient (Wildman–Crippen LogP) is 0.755. The molecule has 9 heteroatoms. The Morgan fingerprint density at radius 1 is 1.10 bits per heavy atom. The monoisotopic (exact) mass is 292 g/mol. The summed E-state index contributed by atoms with van der Waals surface area (Å²) < 4.78 is 3.95. The summed E-state index contributed by atoms with van der Waals surface area (Å²) >= 11 is 1.20. The number of aromatic nitrogens is 6. The molecule has 0 saturated carbocycles. The number of nitrogens with zero attached hydrogens (tertiary/aromatic N) is 3. The van der Waals surface area contributed by atoms with Gasteiger partial charge < -0.3 is 4.98 Å². The summed E-state index contributed by atoms with van der Waals surface area (Å²) in [6.45, 7) is 6.06. The van der Waals surface area contributed by atoms with Crippen LogP contribution in [0.25, 0.3) is 21.9 Å². The summed E-state index contributed by atoms with van der Waals surface area (Å²) in [5.41, 5.74) is -0.0345. The normalized spacial score (nSPS) is 12.2. The summed E-state index contributed by atoms with van der Waals surface area (Å²) in [7, 11) is 0. The quantitative estimate of drug-likeness (QED) is 0.611. The topological polar surface area (TPSA) is 120 Å². The third kappa shape index (κ3) is 1.95. The number of hydrogen-bond donors (Lipinski definition) is 3. The van der Waals surface area contributed by atoms with Crippen LogP contribution in [-0.4, -0.2) is 29.5 Å². The molecule has 0 amide bonds. The summed E-state index contributed by atoms with van der Waals surface area (Å²) in [5, 5.41) is 4.12. The van der Waals surface area contributed by atoms with Crippen LogP contribution in [0, 0.1) is 0 Å². The third-order valence-electron chi connectivity index (χ3n) is 2.80. The van der Waals surface area contributed by atoms with Gasteiger partial charge in [0.05, 0.1) is 5.69 Å². The molecule has 0 radical (unpaired) electrons. The fourth-order valence-corrected chi connectivity index (χ4v) is 2.70. The molecule has 104 valence electrons. The van der Waals surface area contributed by atoms with Crippen LogP contribution in [0.15, 0.2) is 9.59 Å². The first kappa shape index (κ1) is 12.7. The van der Waals surface area contributed by atoms with E-state index in [2.05, 4.69) is 29.5 Å². The van der Waals surface area contributed by atoms with Crippen molar-refractivity contribution >= 4 is 22.7 Å². The van der Waals surface area contributed by atoms with Crippen molar-refractivity contribution in [1.29, 1.82) is 0 Å². The zero-order valence-electron chi connectivity index (χ0n) is 11.1. The average Bonchev–Trinajstić information content (AvgIpc) is 2.91. The van der Waals surface area contributed by atoms with Crippen LogP contribution in [-0.2, 0) is 5.41 Å². The van der Waals surface area contributed by atoms with Crippen LogP contribution >= 0.6 is 11.5 Å². The smallest absolute Gasteiger partial charge is 0.327 e. The molecule has 0 saturated heterocycles. The number of nitrogens with one attached hydrogen (secondary N) is 3. The molecular weight excluding hydrogens is 280 g/mol. The molecule has 3 heterocycles. The van der Waals surface area contributed by atoms with Gasteiger partial charge in [-0.1, -0.05) is 25.3 Å². The molecule has 3 rings (SSSR count).